The minimum Gasteiger partial charge on any atom is -0.328 e. The highest BCUT2D eigenvalue weighted by Gasteiger charge is 2.33. The highest BCUT2D eigenvalue weighted by molar-refractivity contribution is 7.92. The van der Waals surface area contributed by atoms with Gasteiger partial charge in [0, 0.05) is 6.04 Å². The van der Waals surface area contributed by atoms with Gasteiger partial charge in [-0.2, -0.15) is 0 Å². The van der Waals surface area contributed by atoms with Crippen LogP contribution in [0.3, 0.4) is 0 Å². The van der Waals surface area contributed by atoms with Crippen molar-refractivity contribution in [3.8, 4) is 0 Å². The molecule has 0 saturated heterocycles. The minimum atomic E-state index is -2.91. The monoisotopic (exact) mass is 219 g/mol. The lowest BCUT2D eigenvalue weighted by molar-refractivity contribution is 0.548. The second-order valence-electron chi connectivity index (χ2n) is 4.52. The van der Waals surface area contributed by atoms with Crippen molar-refractivity contribution in [2.45, 2.75) is 62.5 Å². The van der Waals surface area contributed by atoms with Crippen LogP contribution in [0.2, 0.25) is 0 Å². The summed E-state index contributed by atoms with van der Waals surface area (Å²) in [6, 6.07) is -0.0267. The molecule has 14 heavy (non-hydrogen) atoms. The molecule has 0 aliphatic heterocycles. The molecule has 2 unspecified atom stereocenters. The van der Waals surface area contributed by atoms with Gasteiger partial charge in [0.2, 0.25) is 0 Å². The highest BCUT2D eigenvalue weighted by Crippen LogP contribution is 2.28. The Balaban J connectivity index is 2.63. The zero-order chi connectivity index (χ0) is 10.8. The first-order chi connectivity index (χ1) is 6.44. The Morgan fingerprint density at radius 3 is 2.21 bits per heavy atom. The number of hydrogen-bond acceptors (Lipinski definition) is 3. The van der Waals surface area contributed by atoms with Crippen LogP contribution in [-0.4, -0.2) is 25.0 Å². The van der Waals surface area contributed by atoms with Crippen LogP contribution in [0.5, 0.6) is 0 Å². The zero-order valence-corrected chi connectivity index (χ0v) is 9.89. The van der Waals surface area contributed by atoms with Gasteiger partial charge in [-0.05, 0) is 33.1 Å². The van der Waals surface area contributed by atoms with Crippen molar-refractivity contribution < 1.29 is 8.42 Å². The molecule has 0 aromatic carbocycles. The van der Waals surface area contributed by atoms with Gasteiger partial charge in [-0.1, -0.05) is 12.8 Å². The molecule has 0 radical (unpaired) electrons. The van der Waals surface area contributed by atoms with E-state index in [0.29, 0.717) is 6.42 Å². The van der Waals surface area contributed by atoms with E-state index in [1.54, 1.807) is 6.92 Å². The van der Waals surface area contributed by atoms with E-state index in [-0.39, 0.29) is 16.5 Å². The van der Waals surface area contributed by atoms with Crippen molar-refractivity contribution in [1.29, 1.82) is 0 Å². The van der Waals surface area contributed by atoms with Gasteiger partial charge in [0.05, 0.1) is 10.5 Å². The molecular formula is C10H21NO2S. The van der Waals surface area contributed by atoms with Gasteiger partial charge in [-0.25, -0.2) is 8.42 Å². The Kier molecular flexibility index (Phi) is 3.95. The second-order valence-corrected chi connectivity index (χ2v) is 7.17. The predicted molar refractivity (Wildman–Crippen MR) is 58.9 cm³/mol. The Labute approximate surface area is 87.0 Å². The first-order valence-electron chi connectivity index (χ1n) is 5.43. The normalized spacial score (nSPS) is 23.6. The average Bonchev–Trinajstić information content (AvgIpc) is 2.54. The largest absolute Gasteiger partial charge is 0.328 e. The first-order valence-corrected chi connectivity index (χ1v) is 7.04. The van der Waals surface area contributed by atoms with Crippen LogP contribution in [-0.2, 0) is 9.84 Å². The molecule has 1 saturated carbocycles. The molecule has 84 valence electrons. The number of nitrogens with two attached hydrogens (primary N) is 1. The molecule has 1 aliphatic rings. The van der Waals surface area contributed by atoms with E-state index in [2.05, 4.69) is 0 Å². The van der Waals surface area contributed by atoms with E-state index < -0.39 is 9.84 Å². The van der Waals surface area contributed by atoms with Crippen molar-refractivity contribution in [1.82, 2.24) is 0 Å². The van der Waals surface area contributed by atoms with Gasteiger partial charge in [0.15, 0.2) is 9.84 Å². The summed E-state index contributed by atoms with van der Waals surface area (Å²) in [5, 5.41) is -0.359. The highest BCUT2D eigenvalue weighted by atomic mass is 32.2. The summed E-state index contributed by atoms with van der Waals surface area (Å²) >= 11 is 0. The van der Waals surface area contributed by atoms with E-state index in [9.17, 15) is 8.42 Å². The van der Waals surface area contributed by atoms with Crippen molar-refractivity contribution in [3.05, 3.63) is 0 Å². The molecule has 0 bridgehead atoms. The lowest BCUT2D eigenvalue weighted by atomic mass is 10.2. The topological polar surface area (TPSA) is 60.2 Å². The summed E-state index contributed by atoms with van der Waals surface area (Å²) < 4.78 is 24.0. The van der Waals surface area contributed by atoms with Crippen LogP contribution in [0.1, 0.15) is 46.0 Å². The number of rotatable bonds is 4. The maximum Gasteiger partial charge on any atom is 0.155 e. The summed E-state index contributed by atoms with van der Waals surface area (Å²) in [6.45, 7) is 3.65. The van der Waals surface area contributed by atoms with Crippen LogP contribution >= 0.6 is 0 Å². The lowest BCUT2D eigenvalue weighted by Crippen LogP contribution is -2.32. The fourth-order valence-electron chi connectivity index (χ4n) is 2.20. The van der Waals surface area contributed by atoms with Crippen molar-refractivity contribution in [2.24, 2.45) is 5.73 Å². The Morgan fingerprint density at radius 2 is 1.79 bits per heavy atom. The number of hydrogen-bond donors (Lipinski definition) is 1. The van der Waals surface area contributed by atoms with E-state index in [1.807, 2.05) is 6.92 Å². The van der Waals surface area contributed by atoms with Gasteiger partial charge < -0.3 is 5.73 Å². The third-order valence-electron chi connectivity index (χ3n) is 3.03. The van der Waals surface area contributed by atoms with E-state index >= 15 is 0 Å². The number of sulfone groups is 1. The molecule has 1 rings (SSSR count). The molecule has 0 aromatic heterocycles. The summed E-state index contributed by atoms with van der Waals surface area (Å²) in [4.78, 5) is 0. The quantitative estimate of drug-likeness (QED) is 0.779. The molecule has 2 N–H and O–H groups in total. The minimum absolute atomic E-state index is 0.0267. The van der Waals surface area contributed by atoms with Crippen LogP contribution < -0.4 is 5.73 Å². The Morgan fingerprint density at radius 1 is 1.29 bits per heavy atom. The average molecular weight is 219 g/mol. The van der Waals surface area contributed by atoms with Crippen LogP contribution in [0.25, 0.3) is 0 Å². The fourth-order valence-corrected chi connectivity index (χ4v) is 4.42. The maximum atomic E-state index is 12.0. The third kappa shape index (κ3) is 2.70. The molecule has 0 aromatic rings. The summed E-state index contributed by atoms with van der Waals surface area (Å²) in [5.41, 5.74) is 5.62. The van der Waals surface area contributed by atoms with E-state index in [1.165, 1.54) is 0 Å². The molecule has 4 heteroatoms. The van der Waals surface area contributed by atoms with Crippen LogP contribution in [0.15, 0.2) is 0 Å². The molecule has 0 heterocycles. The molecular weight excluding hydrogens is 198 g/mol. The predicted octanol–water partition coefficient (Wildman–Crippen LogP) is 1.47. The summed E-state index contributed by atoms with van der Waals surface area (Å²) in [6.07, 6.45) is 4.42. The first kappa shape index (κ1) is 12.0. The van der Waals surface area contributed by atoms with E-state index in [0.717, 1.165) is 25.7 Å². The summed E-state index contributed by atoms with van der Waals surface area (Å²) in [7, 11) is -2.91. The molecule has 1 aliphatic carbocycles. The fraction of sp³-hybridized carbons (Fsp3) is 1.00. The van der Waals surface area contributed by atoms with Crippen LogP contribution in [0, 0.1) is 0 Å². The summed E-state index contributed by atoms with van der Waals surface area (Å²) in [5.74, 6) is 0. The van der Waals surface area contributed by atoms with Gasteiger partial charge in [-0.15, -0.1) is 0 Å². The van der Waals surface area contributed by atoms with Crippen LogP contribution in [0.4, 0.5) is 0 Å². The Hall–Kier alpha value is -0.0900. The smallest absolute Gasteiger partial charge is 0.155 e. The third-order valence-corrected chi connectivity index (χ3v) is 5.75. The molecule has 0 spiro atoms. The van der Waals surface area contributed by atoms with Gasteiger partial charge in [0.1, 0.15) is 0 Å². The van der Waals surface area contributed by atoms with Gasteiger partial charge in [-0.3, -0.25) is 0 Å². The van der Waals surface area contributed by atoms with Crippen molar-refractivity contribution >= 4 is 9.84 Å². The Bertz CT molecular complexity index is 266. The van der Waals surface area contributed by atoms with Crippen molar-refractivity contribution in [3.63, 3.8) is 0 Å². The van der Waals surface area contributed by atoms with Gasteiger partial charge in [0.25, 0.3) is 0 Å². The van der Waals surface area contributed by atoms with E-state index in [4.69, 9.17) is 5.73 Å². The lowest BCUT2D eigenvalue weighted by Gasteiger charge is -2.19. The second kappa shape index (κ2) is 4.62. The maximum absolute atomic E-state index is 12.0. The van der Waals surface area contributed by atoms with Gasteiger partial charge >= 0.3 is 0 Å². The van der Waals surface area contributed by atoms with Crippen molar-refractivity contribution in [2.75, 3.05) is 0 Å². The standard InChI is InChI=1S/C10H21NO2S/c1-8(11)7-9(2)14(12,13)10-5-3-4-6-10/h8-10H,3-7,11H2,1-2H3. The molecule has 3 nitrogen and oxygen atoms in total. The zero-order valence-electron chi connectivity index (χ0n) is 9.07. The molecule has 1 fully saturated rings. The molecule has 2 atom stereocenters. The SMILES string of the molecule is CC(N)CC(C)S(=O)(=O)C1CCCC1. The molecule has 0 amide bonds.